The number of urea groups is 1. The van der Waals surface area contributed by atoms with Gasteiger partial charge in [-0.1, -0.05) is 28.0 Å². The molecule has 23 heavy (non-hydrogen) atoms. The Morgan fingerprint density at radius 1 is 1.43 bits per heavy atom. The molecule has 0 bridgehead atoms. The number of hydrogen-bond donors (Lipinski definition) is 1. The molecule has 2 aromatic rings. The SMILES string of the molecule is CCc1onc(C)c1C1CCCN1C(=O)Nc1ccc(Br)cc1. The zero-order chi connectivity index (χ0) is 16.4. The van der Waals surface area contributed by atoms with Crippen molar-refractivity contribution >= 4 is 27.6 Å². The first-order valence-corrected chi connectivity index (χ1v) is 8.67. The number of carbonyl (C=O) groups is 1. The van der Waals surface area contributed by atoms with Crippen LogP contribution in [0.4, 0.5) is 10.5 Å². The van der Waals surface area contributed by atoms with Crippen molar-refractivity contribution in [3.63, 3.8) is 0 Å². The lowest BCUT2D eigenvalue weighted by Crippen LogP contribution is -2.34. The van der Waals surface area contributed by atoms with Crippen LogP contribution in [-0.4, -0.2) is 22.6 Å². The maximum absolute atomic E-state index is 12.7. The van der Waals surface area contributed by atoms with Crippen molar-refractivity contribution in [2.24, 2.45) is 0 Å². The van der Waals surface area contributed by atoms with Gasteiger partial charge in [0.05, 0.1) is 11.7 Å². The molecule has 1 aromatic carbocycles. The van der Waals surface area contributed by atoms with Crippen LogP contribution in [0.3, 0.4) is 0 Å². The second-order valence-corrected chi connectivity index (χ2v) is 6.66. The summed E-state index contributed by atoms with van der Waals surface area (Å²) in [5.74, 6) is 0.885. The number of aromatic nitrogens is 1. The van der Waals surface area contributed by atoms with Crippen LogP contribution >= 0.6 is 15.9 Å². The molecule has 1 aliphatic heterocycles. The summed E-state index contributed by atoms with van der Waals surface area (Å²) in [6, 6.07) is 7.57. The molecule has 0 spiro atoms. The zero-order valence-corrected chi connectivity index (χ0v) is 14.9. The van der Waals surface area contributed by atoms with E-state index in [9.17, 15) is 4.79 Å². The number of anilines is 1. The number of hydrogen-bond acceptors (Lipinski definition) is 3. The fraction of sp³-hybridized carbons (Fsp3) is 0.412. The summed E-state index contributed by atoms with van der Waals surface area (Å²) >= 11 is 3.40. The highest BCUT2D eigenvalue weighted by Gasteiger charge is 2.34. The Balaban J connectivity index is 1.79. The Kier molecular flexibility index (Phi) is 4.71. The lowest BCUT2D eigenvalue weighted by molar-refractivity contribution is 0.206. The molecule has 0 aliphatic carbocycles. The van der Waals surface area contributed by atoms with Gasteiger partial charge in [0, 0.05) is 28.7 Å². The van der Waals surface area contributed by atoms with Gasteiger partial charge in [0.15, 0.2) is 0 Å². The average molecular weight is 378 g/mol. The van der Waals surface area contributed by atoms with Crippen molar-refractivity contribution in [3.05, 3.63) is 45.8 Å². The second-order valence-electron chi connectivity index (χ2n) is 5.75. The zero-order valence-electron chi connectivity index (χ0n) is 13.3. The van der Waals surface area contributed by atoms with E-state index in [1.54, 1.807) is 0 Å². The molecule has 2 heterocycles. The van der Waals surface area contributed by atoms with Gasteiger partial charge in [-0.2, -0.15) is 0 Å². The monoisotopic (exact) mass is 377 g/mol. The normalized spacial score (nSPS) is 17.5. The number of rotatable bonds is 3. The molecule has 1 unspecified atom stereocenters. The molecule has 1 N–H and O–H groups in total. The number of nitrogens with one attached hydrogen (secondary N) is 1. The molecule has 1 atom stereocenters. The third-order valence-corrected chi connectivity index (χ3v) is 4.78. The smallest absolute Gasteiger partial charge is 0.322 e. The quantitative estimate of drug-likeness (QED) is 0.844. The van der Waals surface area contributed by atoms with Gasteiger partial charge in [-0.25, -0.2) is 4.79 Å². The molecule has 0 radical (unpaired) electrons. The topological polar surface area (TPSA) is 58.4 Å². The number of amides is 2. The van der Waals surface area contributed by atoms with E-state index in [0.29, 0.717) is 0 Å². The Hall–Kier alpha value is -1.82. The van der Waals surface area contributed by atoms with Crippen molar-refractivity contribution in [1.29, 1.82) is 0 Å². The molecule has 1 aliphatic rings. The fourth-order valence-corrected chi connectivity index (χ4v) is 3.41. The number of nitrogens with zero attached hydrogens (tertiary/aromatic N) is 2. The molecule has 5 nitrogen and oxygen atoms in total. The van der Waals surface area contributed by atoms with E-state index >= 15 is 0 Å². The molecule has 2 amide bonds. The summed E-state index contributed by atoms with van der Waals surface area (Å²) in [6.07, 6.45) is 2.73. The van der Waals surface area contributed by atoms with Gasteiger partial charge in [0.2, 0.25) is 0 Å². The maximum Gasteiger partial charge on any atom is 0.322 e. The van der Waals surface area contributed by atoms with E-state index in [1.807, 2.05) is 43.0 Å². The van der Waals surface area contributed by atoms with Gasteiger partial charge in [0.25, 0.3) is 0 Å². The molecule has 122 valence electrons. The highest BCUT2D eigenvalue weighted by atomic mass is 79.9. The van der Waals surface area contributed by atoms with E-state index in [4.69, 9.17) is 4.52 Å². The minimum atomic E-state index is -0.0718. The van der Waals surface area contributed by atoms with Gasteiger partial charge in [-0.15, -0.1) is 0 Å². The van der Waals surface area contributed by atoms with E-state index in [-0.39, 0.29) is 12.1 Å². The van der Waals surface area contributed by atoms with Crippen molar-refractivity contribution < 1.29 is 9.32 Å². The fourth-order valence-electron chi connectivity index (χ4n) is 3.14. The molecule has 3 rings (SSSR count). The van der Waals surface area contributed by atoms with Crippen molar-refractivity contribution in [2.75, 3.05) is 11.9 Å². The van der Waals surface area contributed by atoms with Crippen molar-refractivity contribution in [2.45, 2.75) is 39.2 Å². The maximum atomic E-state index is 12.7. The number of halogens is 1. The van der Waals surface area contributed by atoms with Crippen molar-refractivity contribution in [3.8, 4) is 0 Å². The molecule has 1 aromatic heterocycles. The van der Waals surface area contributed by atoms with E-state index in [0.717, 1.165) is 53.0 Å². The summed E-state index contributed by atoms with van der Waals surface area (Å²) in [6.45, 7) is 4.74. The van der Waals surface area contributed by atoms with Crippen LogP contribution in [0.1, 0.15) is 42.8 Å². The first-order chi connectivity index (χ1) is 11.1. The minimum absolute atomic E-state index is 0.0478. The number of benzene rings is 1. The van der Waals surface area contributed by atoms with Crippen LogP contribution in [0.15, 0.2) is 33.3 Å². The first kappa shape index (κ1) is 16.1. The van der Waals surface area contributed by atoms with Crippen LogP contribution < -0.4 is 5.32 Å². The standard InChI is InChI=1S/C17H20BrN3O2/c1-3-15-16(11(2)20-23-15)14-5-4-10-21(14)17(22)19-13-8-6-12(18)7-9-13/h6-9,14H,3-5,10H2,1-2H3,(H,19,22). The van der Waals surface area contributed by atoms with Crippen LogP contribution in [-0.2, 0) is 6.42 Å². The summed E-state index contributed by atoms with van der Waals surface area (Å²) in [4.78, 5) is 14.6. The lowest BCUT2D eigenvalue weighted by Gasteiger charge is -2.25. The van der Waals surface area contributed by atoms with E-state index in [2.05, 4.69) is 26.4 Å². The molecule has 0 saturated carbocycles. The highest BCUT2D eigenvalue weighted by Crippen LogP contribution is 2.36. The molecule has 1 fully saturated rings. The number of carbonyl (C=O) groups excluding carboxylic acids is 1. The highest BCUT2D eigenvalue weighted by molar-refractivity contribution is 9.10. The largest absolute Gasteiger partial charge is 0.361 e. The third kappa shape index (κ3) is 3.27. The predicted molar refractivity (Wildman–Crippen MR) is 92.5 cm³/mol. The Bertz CT molecular complexity index is 696. The summed E-state index contributed by atoms with van der Waals surface area (Å²) in [5, 5.41) is 7.06. The van der Waals surface area contributed by atoms with Gasteiger partial charge in [-0.05, 0) is 44.0 Å². The van der Waals surface area contributed by atoms with E-state index < -0.39 is 0 Å². The van der Waals surface area contributed by atoms with Crippen LogP contribution in [0.25, 0.3) is 0 Å². The van der Waals surface area contributed by atoms with Gasteiger partial charge in [0.1, 0.15) is 5.76 Å². The molecular weight excluding hydrogens is 358 g/mol. The van der Waals surface area contributed by atoms with Gasteiger partial charge in [-0.3, -0.25) is 0 Å². The first-order valence-electron chi connectivity index (χ1n) is 7.88. The summed E-state index contributed by atoms with van der Waals surface area (Å²) in [7, 11) is 0. The Labute approximate surface area is 144 Å². The molecular formula is C17H20BrN3O2. The summed E-state index contributed by atoms with van der Waals surface area (Å²) < 4.78 is 6.39. The molecule has 1 saturated heterocycles. The van der Waals surface area contributed by atoms with Crippen LogP contribution in [0, 0.1) is 6.92 Å². The van der Waals surface area contributed by atoms with Crippen molar-refractivity contribution in [1.82, 2.24) is 10.1 Å². The average Bonchev–Trinajstić information content (AvgIpc) is 3.15. The minimum Gasteiger partial charge on any atom is -0.361 e. The summed E-state index contributed by atoms with van der Waals surface area (Å²) in [5.41, 5.74) is 2.76. The van der Waals surface area contributed by atoms with Crippen LogP contribution in [0.5, 0.6) is 0 Å². The Morgan fingerprint density at radius 2 is 2.17 bits per heavy atom. The van der Waals surface area contributed by atoms with Crippen LogP contribution in [0.2, 0.25) is 0 Å². The number of likely N-dealkylation sites (tertiary alicyclic amines) is 1. The van der Waals surface area contributed by atoms with Gasteiger partial charge < -0.3 is 14.7 Å². The van der Waals surface area contributed by atoms with E-state index in [1.165, 1.54) is 0 Å². The second kappa shape index (κ2) is 6.74. The third-order valence-electron chi connectivity index (χ3n) is 4.25. The Morgan fingerprint density at radius 3 is 2.87 bits per heavy atom. The van der Waals surface area contributed by atoms with Gasteiger partial charge >= 0.3 is 6.03 Å². The predicted octanol–water partition coefficient (Wildman–Crippen LogP) is 4.68. The number of aryl methyl sites for hydroxylation is 2. The lowest BCUT2D eigenvalue weighted by atomic mass is 10.0. The molecule has 6 heteroatoms.